The van der Waals surface area contributed by atoms with Gasteiger partial charge >= 0.3 is 0 Å². The van der Waals surface area contributed by atoms with E-state index in [4.69, 9.17) is 4.98 Å². The molecule has 2 nitrogen and oxygen atoms in total. The minimum absolute atomic E-state index is 0.131. The van der Waals surface area contributed by atoms with Gasteiger partial charge < -0.3 is 4.90 Å². The van der Waals surface area contributed by atoms with Crippen molar-refractivity contribution in [2.45, 2.75) is 44.8 Å². The third-order valence-corrected chi connectivity index (χ3v) is 4.56. The van der Waals surface area contributed by atoms with Gasteiger partial charge in [-0.25, -0.2) is 4.98 Å². The summed E-state index contributed by atoms with van der Waals surface area (Å²) < 4.78 is 0. The Morgan fingerprint density at radius 3 is 2.38 bits per heavy atom. The summed E-state index contributed by atoms with van der Waals surface area (Å²) >= 11 is 6.24. The lowest BCUT2D eigenvalue weighted by atomic mass is 9.92. The minimum Gasteiger partial charge on any atom is -0.348 e. The lowest BCUT2D eigenvalue weighted by molar-refractivity contribution is 0.568. The monoisotopic (exact) mass is 256 g/mol. The topological polar surface area (TPSA) is 16.1 Å². The maximum atomic E-state index is 4.83. The van der Waals surface area contributed by atoms with E-state index in [0.717, 1.165) is 5.75 Å². The number of aromatic nitrogens is 1. The molecule has 0 saturated carbocycles. The second kappa shape index (κ2) is 4.57. The molecule has 0 N–H and O–H groups in total. The minimum atomic E-state index is 0.131. The number of thiazole rings is 1. The third kappa shape index (κ3) is 2.38. The molecule has 0 aliphatic carbocycles. The summed E-state index contributed by atoms with van der Waals surface area (Å²) in [5.74, 6) is 0.804. The molecule has 0 bridgehead atoms. The quantitative estimate of drug-likeness (QED) is 0.816. The van der Waals surface area contributed by atoms with Gasteiger partial charge in [-0.05, 0) is 12.8 Å². The van der Waals surface area contributed by atoms with Crippen molar-refractivity contribution in [2.75, 3.05) is 18.0 Å². The summed E-state index contributed by atoms with van der Waals surface area (Å²) in [6, 6.07) is 0. The van der Waals surface area contributed by atoms with Crippen LogP contribution in [0.3, 0.4) is 0 Å². The number of hydrogen-bond donors (Lipinski definition) is 1. The molecule has 0 atom stereocenters. The highest BCUT2D eigenvalue weighted by molar-refractivity contribution is 7.79. The molecule has 0 spiro atoms. The SMILES string of the molecule is CC(C)(C)c1nc(N2CCCC2)sc1CS. The Kier molecular flexibility index (Phi) is 3.50. The van der Waals surface area contributed by atoms with E-state index in [1.165, 1.54) is 41.6 Å². The Morgan fingerprint density at radius 1 is 1.31 bits per heavy atom. The first kappa shape index (κ1) is 12.2. The molecule has 16 heavy (non-hydrogen) atoms. The maximum Gasteiger partial charge on any atom is 0.185 e. The first-order valence-electron chi connectivity index (χ1n) is 5.88. The predicted octanol–water partition coefficient (Wildman–Crippen LogP) is 3.47. The molecule has 2 heterocycles. The fourth-order valence-electron chi connectivity index (χ4n) is 2.08. The van der Waals surface area contributed by atoms with Gasteiger partial charge in [0.05, 0.1) is 5.69 Å². The highest BCUT2D eigenvalue weighted by Gasteiger charge is 2.25. The number of rotatable bonds is 2. The lowest BCUT2D eigenvalue weighted by Gasteiger charge is -2.17. The van der Waals surface area contributed by atoms with Gasteiger partial charge in [-0.1, -0.05) is 20.8 Å². The smallest absolute Gasteiger partial charge is 0.185 e. The summed E-state index contributed by atoms with van der Waals surface area (Å²) in [4.78, 5) is 8.57. The van der Waals surface area contributed by atoms with Crippen LogP contribution in [0.1, 0.15) is 44.2 Å². The van der Waals surface area contributed by atoms with Crippen molar-refractivity contribution >= 4 is 29.1 Å². The predicted molar refractivity (Wildman–Crippen MR) is 75.0 cm³/mol. The number of thiol groups is 1. The number of hydrogen-bond acceptors (Lipinski definition) is 4. The van der Waals surface area contributed by atoms with E-state index in [0.29, 0.717) is 0 Å². The van der Waals surface area contributed by atoms with Crippen molar-refractivity contribution < 1.29 is 0 Å². The second-order valence-corrected chi connectivity index (χ2v) is 6.75. The van der Waals surface area contributed by atoms with Gasteiger partial charge in [-0.15, -0.1) is 11.3 Å². The first-order chi connectivity index (χ1) is 7.52. The van der Waals surface area contributed by atoms with Gasteiger partial charge in [-0.2, -0.15) is 12.6 Å². The van der Waals surface area contributed by atoms with Crippen LogP contribution in [-0.4, -0.2) is 18.1 Å². The van der Waals surface area contributed by atoms with Crippen molar-refractivity contribution in [1.82, 2.24) is 4.98 Å². The molecule has 0 unspecified atom stereocenters. The van der Waals surface area contributed by atoms with Crippen LogP contribution in [0.15, 0.2) is 0 Å². The fraction of sp³-hybridized carbons (Fsp3) is 0.750. The molecule has 2 rings (SSSR count). The Balaban J connectivity index is 2.31. The van der Waals surface area contributed by atoms with Crippen LogP contribution in [0.4, 0.5) is 5.13 Å². The number of anilines is 1. The van der Waals surface area contributed by atoms with Crippen LogP contribution in [-0.2, 0) is 11.2 Å². The van der Waals surface area contributed by atoms with Gasteiger partial charge in [0.2, 0.25) is 0 Å². The highest BCUT2D eigenvalue weighted by Crippen LogP contribution is 2.35. The largest absolute Gasteiger partial charge is 0.348 e. The molecule has 1 aliphatic heterocycles. The van der Waals surface area contributed by atoms with E-state index in [1.807, 2.05) is 11.3 Å². The average Bonchev–Trinajstić information content (AvgIpc) is 2.85. The van der Waals surface area contributed by atoms with Gasteiger partial charge in [-0.3, -0.25) is 0 Å². The summed E-state index contributed by atoms with van der Waals surface area (Å²) in [7, 11) is 0. The molecule has 1 aromatic rings. The van der Waals surface area contributed by atoms with Crippen LogP contribution in [0.5, 0.6) is 0 Å². The molecule has 90 valence electrons. The molecule has 1 aliphatic rings. The fourth-order valence-corrected chi connectivity index (χ4v) is 3.60. The Bertz CT molecular complexity index is 360. The van der Waals surface area contributed by atoms with E-state index in [9.17, 15) is 0 Å². The normalized spacial score (nSPS) is 17.1. The van der Waals surface area contributed by atoms with Gasteiger partial charge in [0.15, 0.2) is 5.13 Å². The standard InChI is InChI=1S/C12H20N2S2/c1-12(2,3)10-9(8-15)16-11(13-10)14-6-4-5-7-14/h15H,4-8H2,1-3H3. The summed E-state index contributed by atoms with van der Waals surface area (Å²) in [5.41, 5.74) is 1.36. The maximum absolute atomic E-state index is 4.83. The molecular weight excluding hydrogens is 236 g/mol. The van der Waals surface area contributed by atoms with E-state index in [1.54, 1.807) is 0 Å². The zero-order chi connectivity index (χ0) is 11.8. The highest BCUT2D eigenvalue weighted by atomic mass is 32.1. The third-order valence-electron chi connectivity index (χ3n) is 2.92. The molecule has 4 heteroatoms. The Labute approximate surface area is 107 Å². The Hall–Kier alpha value is -0.220. The van der Waals surface area contributed by atoms with Crippen molar-refractivity contribution in [1.29, 1.82) is 0 Å². The lowest BCUT2D eigenvalue weighted by Crippen LogP contribution is -2.18. The van der Waals surface area contributed by atoms with E-state index in [2.05, 4.69) is 38.3 Å². The summed E-state index contributed by atoms with van der Waals surface area (Å²) in [6.45, 7) is 9.01. The Morgan fingerprint density at radius 2 is 1.94 bits per heavy atom. The second-order valence-electron chi connectivity index (χ2n) is 5.37. The van der Waals surface area contributed by atoms with Gasteiger partial charge in [0.25, 0.3) is 0 Å². The molecule has 1 fully saturated rings. The summed E-state index contributed by atoms with van der Waals surface area (Å²) in [6.07, 6.45) is 2.61. The van der Waals surface area contributed by atoms with Crippen molar-refractivity contribution in [3.05, 3.63) is 10.6 Å². The van der Waals surface area contributed by atoms with Crippen LogP contribution >= 0.6 is 24.0 Å². The van der Waals surface area contributed by atoms with Crippen LogP contribution in [0.25, 0.3) is 0 Å². The van der Waals surface area contributed by atoms with Crippen molar-refractivity contribution in [3.63, 3.8) is 0 Å². The van der Waals surface area contributed by atoms with Crippen LogP contribution < -0.4 is 4.90 Å². The zero-order valence-corrected chi connectivity index (χ0v) is 12.0. The molecule has 0 radical (unpaired) electrons. The average molecular weight is 256 g/mol. The molecule has 0 aromatic carbocycles. The van der Waals surface area contributed by atoms with E-state index in [-0.39, 0.29) is 5.41 Å². The van der Waals surface area contributed by atoms with Gasteiger partial charge in [0, 0.05) is 29.1 Å². The van der Waals surface area contributed by atoms with Crippen LogP contribution in [0, 0.1) is 0 Å². The molecule has 1 saturated heterocycles. The van der Waals surface area contributed by atoms with E-state index < -0.39 is 0 Å². The zero-order valence-electron chi connectivity index (χ0n) is 10.3. The van der Waals surface area contributed by atoms with Crippen LogP contribution in [0.2, 0.25) is 0 Å². The summed E-state index contributed by atoms with van der Waals surface area (Å²) in [5, 5.41) is 1.20. The van der Waals surface area contributed by atoms with Gasteiger partial charge in [0.1, 0.15) is 0 Å². The van der Waals surface area contributed by atoms with Crippen molar-refractivity contribution in [2.24, 2.45) is 0 Å². The number of nitrogens with zero attached hydrogens (tertiary/aromatic N) is 2. The first-order valence-corrected chi connectivity index (χ1v) is 7.33. The van der Waals surface area contributed by atoms with E-state index >= 15 is 0 Å². The van der Waals surface area contributed by atoms with Crippen molar-refractivity contribution in [3.8, 4) is 0 Å². The molecule has 0 amide bonds. The molecule has 1 aromatic heterocycles. The molecular formula is C12H20N2S2.